The summed E-state index contributed by atoms with van der Waals surface area (Å²) in [6.07, 6.45) is 6.15. The van der Waals surface area contributed by atoms with Gasteiger partial charge in [-0.2, -0.15) is 0 Å². The number of amides is 1. The van der Waals surface area contributed by atoms with E-state index in [0.717, 1.165) is 37.8 Å². The Labute approximate surface area is 202 Å². The van der Waals surface area contributed by atoms with Crippen molar-refractivity contribution in [3.05, 3.63) is 58.6 Å². The van der Waals surface area contributed by atoms with Crippen molar-refractivity contribution in [3.63, 3.8) is 0 Å². The fraction of sp³-hybridized carbons (Fsp3) is 0.333. The molecule has 0 radical (unpaired) electrons. The van der Waals surface area contributed by atoms with Gasteiger partial charge in [-0.15, -0.1) is 11.3 Å². The number of fused-ring (bicyclic) bond motifs is 2. The van der Waals surface area contributed by atoms with Gasteiger partial charge in [0, 0.05) is 28.6 Å². The molecule has 8 nitrogen and oxygen atoms in total. The maximum absolute atomic E-state index is 13.0. The molecule has 0 unspecified atom stereocenters. The number of anilines is 2. The number of carbonyl (C=O) groups is 1. The van der Waals surface area contributed by atoms with Gasteiger partial charge in [0.15, 0.2) is 16.6 Å². The molecule has 0 bridgehead atoms. The summed E-state index contributed by atoms with van der Waals surface area (Å²) in [5.41, 5.74) is 1.70. The van der Waals surface area contributed by atoms with Crippen molar-refractivity contribution in [2.75, 3.05) is 23.3 Å². The van der Waals surface area contributed by atoms with Crippen molar-refractivity contribution in [1.29, 1.82) is 0 Å². The van der Waals surface area contributed by atoms with Crippen LogP contribution in [0.5, 0.6) is 11.5 Å². The van der Waals surface area contributed by atoms with Crippen LogP contribution in [0.2, 0.25) is 0 Å². The second-order valence-electron chi connectivity index (χ2n) is 8.25. The first-order valence-corrected chi connectivity index (χ1v) is 13.6. The zero-order chi connectivity index (χ0) is 23.5. The summed E-state index contributed by atoms with van der Waals surface area (Å²) < 4.78 is 39.7. The number of carbonyl (C=O) groups excluding carboxylic acids is 1. The molecule has 1 aliphatic heterocycles. The number of rotatable bonds is 5. The molecule has 1 aromatic heterocycles. The zero-order valence-electron chi connectivity index (χ0n) is 18.5. The predicted octanol–water partition coefficient (Wildman–Crippen LogP) is 4.63. The number of sulfonamides is 1. The first-order valence-electron chi connectivity index (χ1n) is 11.3. The number of nitrogens with one attached hydrogen (secondary N) is 2. The fourth-order valence-electron chi connectivity index (χ4n) is 4.00. The number of ether oxygens (including phenoxy) is 2. The van der Waals surface area contributed by atoms with Crippen molar-refractivity contribution in [2.45, 2.75) is 43.4 Å². The first-order chi connectivity index (χ1) is 16.5. The predicted molar refractivity (Wildman–Crippen MR) is 131 cm³/mol. The molecule has 178 valence electrons. The summed E-state index contributed by atoms with van der Waals surface area (Å²) in [6.45, 7) is 0.985. The van der Waals surface area contributed by atoms with Crippen LogP contribution in [-0.2, 0) is 22.9 Å². The van der Waals surface area contributed by atoms with E-state index in [0.29, 0.717) is 35.4 Å². The molecule has 0 saturated carbocycles. The second-order valence-corrected chi connectivity index (χ2v) is 11.0. The van der Waals surface area contributed by atoms with E-state index in [1.54, 1.807) is 24.3 Å². The topological polar surface area (TPSA) is 107 Å². The Hall–Kier alpha value is -3.11. The molecule has 2 heterocycles. The quantitative estimate of drug-likeness (QED) is 0.496. The summed E-state index contributed by atoms with van der Waals surface area (Å²) in [7, 11) is -3.89. The normalized spacial score (nSPS) is 15.5. The second kappa shape index (κ2) is 9.63. The zero-order valence-corrected chi connectivity index (χ0v) is 20.1. The summed E-state index contributed by atoms with van der Waals surface area (Å²) >= 11 is 1.52. The lowest BCUT2D eigenvalue weighted by atomic mass is 10.2. The van der Waals surface area contributed by atoms with E-state index < -0.39 is 10.0 Å². The molecular formula is C24H25N3O5S2. The molecule has 1 aliphatic carbocycles. The van der Waals surface area contributed by atoms with Gasteiger partial charge < -0.3 is 9.47 Å². The minimum Gasteiger partial charge on any atom is -0.490 e. The number of hydrogen-bond acceptors (Lipinski definition) is 7. The molecule has 0 fully saturated rings. The van der Waals surface area contributed by atoms with Crippen molar-refractivity contribution >= 4 is 38.1 Å². The number of thiazole rings is 1. The lowest BCUT2D eigenvalue weighted by molar-refractivity contribution is 0.102. The van der Waals surface area contributed by atoms with Gasteiger partial charge in [-0.3, -0.25) is 14.8 Å². The molecule has 0 saturated heterocycles. The summed E-state index contributed by atoms with van der Waals surface area (Å²) in [5.74, 6) is 0.588. The highest BCUT2D eigenvalue weighted by Gasteiger charge is 2.20. The van der Waals surface area contributed by atoms with Gasteiger partial charge in [0.1, 0.15) is 0 Å². The molecule has 0 atom stereocenters. The van der Waals surface area contributed by atoms with Crippen LogP contribution in [0.4, 0.5) is 10.8 Å². The number of hydrogen-bond donors (Lipinski definition) is 2. The van der Waals surface area contributed by atoms with Crippen LogP contribution in [0.1, 0.15) is 46.6 Å². The van der Waals surface area contributed by atoms with Crippen LogP contribution < -0.4 is 19.5 Å². The minimum absolute atomic E-state index is 0.0517. The van der Waals surface area contributed by atoms with Crippen LogP contribution in [-0.4, -0.2) is 32.5 Å². The van der Waals surface area contributed by atoms with Gasteiger partial charge in [0.2, 0.25) is 0 Å². The average molecular weight is 500 g/mol. The maximum Gasteiger partial charge on any atom is 0.262 e. The fourth-order valence-corrected chi connectivity index (χ4v) is 6.11. The van der Waals surface area contributed by atoms with Gasteiger partial charge in [-0.25, -0.2) is 13.4 Å². The van der Waals surface area contributed by atoms with E-state index in [1.165, 1.54) is 40.8 Å². The summed E-state index contributed by atoms with van der Waals surface area (Å²) in [5, 5.41) is 3.44. The molecule has 34 heavy (non-hydrogen) atoms. The van der Waals surface area contributed by atoms with E-state index in [4.69, 9.17) is 9.47 Å². The monoisotopic (exact) mass is 499 g/mol. The van der Waals surface area contributed by atoms with E-state index in [9.17, 15) is 13.2 Å². The number of aromatic nitrogens is 1. The van der Waals surface area contributed by atoms with Crippen LogP contribution in [0.25, 0.3) is 0 Å². The third-order valence-electron chi connectivity index (χ3n) is 5.72. The minimum atomic E-state index is -3.89. The number of aryl methyl sites for hydroxylation is 2. The van der Waals surface area contributed by atoms with Crippen LogP contribution in [0.15, 0.2) is 47.4 Å². The van der Waals surface area contributed by atoms with Gasteiger partial charge in [0.25, 0.3) is 15.9 Å². The highest BCUT2D eigenvalue weighted by molar-refractivity contribution is 7.92. The van der Waals surface area contributed by atoms with Gasteiger partial charge in [0.05, 0.1) is 23.8 Å². The van der Waals surface area contributed by atoms with E-state index in [-0.39, 0.29) is 16.5 Å². The van der Waals surface area contributed by atoms with Gasteiger partial charge in [-0.05, 0) is 56.0 Å². The first kappa shape index (κ1) is 22.7. The van der Waals surface area contributed by atoms with E-state index >= 15 is 0 Å². The lowest BCUT2D eigenvalue weighted by Crippen LogP contribution is -2.15. The molecule has 2 aliphatic rings. The molecule has 2 aromatic carbocycles. The Morgan fingerprint density at radius 3 is 2.65 bits per heavy atom. The van der Waals surface area contributed by atoms with E-state index in [2.05, 4.69) is 15.0 Å². The van der Waals surface area contributed by atoms with Crippen molar-refractivity contribution < 1.29 is 22.7 Å². The SMILES string of the molecule is O=C(Nc1nc2c(s1)CCCCC2)c1cccc(NS(=O)(=O)c2ccc3c(c2)OCCCO3)c1. The molecular weight excluding hydrogens is 474 g/mol. The molecule has 1 amide bonds. The molecule has 10 heteroatoms. The van der Waals surface area contributed by atoms with Crippen molar-refractivity contribution in [2.24, 2.45) is 0 Å². The summed E-state index contributed by atoms with van der Waals surface area (Å²) in [6, 6.07) is 10.9. The van der Waals surface area contributed by atoms with Crippen LogP contribution in [0.3, 0.4) is 0 Å². The van der Waals surface area contributed by atoms with E-state index in [1.807, 2.05) is 0 Å². The Morgan fingerprint density at radius 1 is 0.941 bits per heavy atom. The van der Waals surface area contributed by atoms with Gasteiger partial charge in [-0.1, -0.05) is 12.5 Å². The third-order valence-corrected chi connectivity index (χ3v) is 8.17. The highest BCUT2D eigenvalue weighted by Crippen LogP contribution is 2.33. The van der Waals surface area contributed by atoms with Crippen LogP contribution in [0, 0.1) is 0 Å². The lowest BCUT2D eigenvalue weighted by Gasteiger charge is -2.12. The van der Waals surface area contributed by atoms with Crippen LogP contribution >= 0.6 is 11.3 Å². The molecule has 5 rings (SSSR count). The summed E-state index contributed by atoms with van der Waals surface area (Å²) in [4.78, 5) is 18.7. The van der Waals surface area contributed by atoms with Crippen molar-refractivity contribution in [1.82, 2.24) is 4.98 Å². The molecule has 0 spiro atoms. The molecule has 2 N–H and O–H groups in total. The highest BCUT2D eigenvalue weighted by atomic mass is 32.2. The Bertz CT molecular complexity index is 1300. The number of benzene rings is 2. The standard InChI is InChI=1S/C24H25N3O5S2/c28-23(26-24-25-19-8-2-1-3-9-22(19)33-24)16-6-4-7-17(14-16)27-34(29,30)18-10-11-20-21(15-18)32-13-5-12-31-20/h4,6-7,10-11,14-15,27H,1-3,5,8-9,12-13H2,(H,25,26,28). The Morgan fingerprint density at radius 2 is 1.76 bits per heavy atom. The third kappa shape index (κ3) is 5.02. The Balaban J connectivity index is 1.31. The van der Waals surface area contributed by atoms with Gasteiger partial charge >= 0.3 is 0 Å². The molecule has 3 aromatic rings. The maximum atomic E-state index is 13.0. The largest absolute Gasteiger partial charge is 0.490 e. The average Bonchev–Trinajstić information content (AvgIpc) is 2.98. The van der Waals surface area contributed by atoms with Crippen molar-refractivity contribution in [3.8, 4) is 11.5 Å². The smallest absolute Gasteiger partial charge is 0.262 e. The Kier molecular flexibility index (Phi) is 6.42. The number of nitrogens with zero attached hydrogens (tertiary/aromatic N) is 1.